The second-order valence-electron chi connectivity index (χ2n) is 7.39. The number of pyridine rings is 1. The van der Waals surface area contributed by atoms with Gasteiger partial charge in [0.25, 0.3) is 11.5 Å². The van der Waals surface area contributed by atoms with Crippen LogP contribution < -0.4 is 10.9 Å². The van der Waals surface area contributed by atoms with E-state index in [0.717, 1.165) is 12.0 Å². The zero-order chi connectivity index (χ0) is 22.7. The third-order valence-corrected chi connectivity index (χ3v) is 6.76. The largest absolute Gasteiger partial charge is 0.367 e. The molecule has 3 rings (SSSR count). The Balaban J connectivity index is 2.10. The molecule has 2 aromatic rings. The minimum atomic E-state index is -0.375. The first-order chi connectivity index (χ1) is 14.8. The Morgan fingerprint density at radius 1 is 1.29 bits per heavy atom. The van der Waals surface area contributed by atoms with Crippen LogP contribution >= 0.6 is 24.0 Å². The van der Waals surface area contributed by atoms with Crippen LogP contribution in [0.15, 0.2) is 40.0 Å². The van der Waals surface area contributed by atoms with Crippen LogP contribution in [0, 0.1) is 18.3 Å². The lowest BCUT2D eigenvalue weighted by Crippen LogP contribution is -2.36. The Hall–Kier alpha value is -2.89. The molecule has 0 aliphatic carbocycles. The quantitative estimate of drug-likeness (QED) is 0.523. The highest BCUT2D eigenvalue weighted by Crippen LogP contribution is 2.36. The SMILES string of the molecule is CCC(C)N1C(=O)/C(=C\c2c(C)c(C#N)c(=O)n(C)c2NCc2ccccc2)SC1=S. The maximum Gasteiger partial charge on any atom is 0.270 e. The molecule has 160 valence electrons. The number of carbonyl (C=O) groups is 1. The van der Waals surface area contributed by atoms with E-state index in [4.69, 9.17) is 12.2 Å². The summed E-state index contributed by atoms with van der Waals surface area (Å²) >= 11 is 6.68. The molecule has 8 heteroatoms. The Labute approximate surface area is 191 Å². The molecule has 0 bridgehead atoms. The van der Waals surface area contributed by atoms with Gasteiger partial charge >= 0.3 is 0 Å². The van der Waals surface area contributed by atoms with Crippen molar-refractivity contribution in [1.29, 1.82) is 5.26 Å². The molecule has 1 fully saturated rings. The van der Waals surface area contributed by atoms with E-state index in [1.807, 2.05) is 50.2 Å². The van der Waals surface area contributed by atoms with E-state index in [2.05, 4.69) is 5.32 Å². The molecule has 1 aliphatic heterocycles. The maximum absolute atomic E-state index is 13.0. The number of thiocarbonyl (C=S) groups is 1. The molecule has 0 radical (unpaired) electrons. The molecular formula is C23H24N4O2S2. The van der Waals surface area contributed by atoms with Crippen molar-refractivity contribution in [3.8, 4) is 6.07 Å². The van der Waals surface area contributed by atoms with Gasteiger partial charge in [0.15, 0.2) is 0 Å². The number of aromatic nitrogens is 1. The van der Waals surface area contributed by atoms with Gasteiger partial charge < -0.3 is 5.32 Å². The number of nitrogens with zero attached hydrogens (tertiary/aromatic N) is 3. The molecule has 1 atom stereocenters. The number of anilines is 1. The van der Waals surface area contributed by atoms with Crippen molar-refractivity contribution in [2.75, 3.05) is 5.32 Å². The van der Waals surface area contributed by atoms with Crippen LogP contribution in [-0.4, -0.2) is 25.7 Å². The number of hydrogen-bond donors (Lipinski definition) is 1. The molecule has 1 aromatic carbocycles. The Kier molecular flexibility index (Phi) is 6.98. The van der Waals surface area contributed by atoms with Crippen molar-refractivity contribution < 1.29 is 4.79 Å². The summed E-state index contributed by atoms with van der Waals surface area (Å²) in [5, 5.41) is 12.9. The van der Waals surface area contributed by atoms with Gasteiger partial charge in [-0.15, -0.1) is 0 Å². The first-order valence-corrected chi connectivity index (χ1v) is 11.2. The highest BCUT2D eigenvalue weighted by atomic mass is 32.2. The second-order valence-corrected chi connectivity index (χ2v) is 9.06. The number of rotatable bonds is 6. The number of benzene rings is 1. The molecule has 0 spiro atoms. The summed E-state index contributed by atoms with van der Waals surface area (Å²) in [4.78, 5) is 27.9. The van der Waals surface area contributed by atoms with Gasteiger partial charge in [0.2, 0.25) is 0 Å². The van der Waals surface area contributed by atoms with Crippen molar-refractivity contribution in [2.24, 2.45) is 7.05 Å². The summed E-state index contributed by atoms with van der Waals surface area (Å²) in [6, 6.07) is 11.8. The van der Waals surface area contributed by atoms with E-state index in [1.165, 1.54) is 16.3 Å². The van der Waals surface area contributed by atoms with E-state index < -0.39 is 0 Å². The number of nitrogens with one attached hydrogen (secondary N) is 1. The smallest absolute Gasteiger partial charge is 0.270 e. The lowest BCUT2D eigenvalue weighted by atomic mass is 10.0. The monoisotopic (exact) mass is 452 g/mol. The molecule has 1 saturated heterocycles. The van der Waals surface area contributed by atoms with Crippen LogP contribution in [0.3, 0.4) is 0 Å². The average molecular weight is 453 g/mol. The van der Waals surface area contributed by atoms with Crippen LogP contribution in [0.1, 0.15) is 42.5 Å². The van der Waals surface area contributed by atoms with Gasteiger partial charge in [0, 0.05) is 25.2 Å². The molecule has 1 amide bonds. The molecular weight excluding hydrogens is 428 g/mol. The Morgan fingerprint density at radius 2 is 1.97 bits per heavy atom. The van der Waals surface area contributed by atoms with Crippen LogP contribution in [0.4, 0.5) is 5.82 Å². The number of thioether (sulfide) groups is 1. The van der Waals surface area contributed by atoms with Gasteiger partial charge in [-0.2, -0.15) is 5.26 Å². The highest BCUT2D eigenvalue weighted by molar-refractivity contribution is 8.26. The van der Waals surface area contributed by atoms with Gasteiger partial charge in [-0.3, -0.25) is 19.1 Å². The summed E-state index contributed by atoms with van der Waals surface area (Å²) in [6.07, 6.45) is 2.53. The van der Waals surface area contributed by atoms with E-state index in [0.29, 0.717) is 32.7 Å². The fourth-order valence-corrected chi connectivity index (χ4v) is 4.84. The molecule has 1 aliphatic rings. The van der Waals surface area contributed by atoms with Crippen molar-refractivity contribution in [1.82, 2.24) is 9.47 Å². The molecule has 2 heterocycles. The lowest BCUT2D eigenvalue weighted by molar-refractivity contribution is -0.123. The van der Waals surface area contributed by atoms with Crippen LogP contribution in [0.5, 0.6) is 0 Å². The third kappa shape index (κ3) is 4.43. The van der Waals surface area contributed by atoms with E-state index >= 15 is 0 Å². The topological polar surface area (TPSA) is 78.1 Å². The lowest BCUT2D eigenvalue weighted by Gasteiger charge is -2.21. The van der Waals surface area contributed by atoms with Crippen molar-refractivity contribution in [3.63, 3.8) is 0 Å². The number of nitriles is 1. The molecule has 1 N–H and O–H groups in total. The van der Waals surface area contributed by atoms with Crippen molar-refractivity contribution in [2.45, 2.75) is 39.8 Å². The fraction of sp³-hybridized carbons (Fsp3) is 0.304. The Bertz CT molecular complexity index is 1160. The van der Waals surface area contributed by atoms with Gasteiger partial charge in [-0.05, 0) is 37.5 Å². The van der Waals surface area contributed by atoms with Gasteiger partial charge in [0.05, 0.1) is 4.91 Å². The second kappa shape index (κ2) is 9.50. The fourth-order valence-electron chi connectivity index (χ4n) is 3.40. The summed E-state index contributed by atoms with van der Waals surface area (Å²) in [5.74, 6) is 0.407. The minimum absolute atomic E-state index is 0.00460. The zero-order valence-corrected chi connectivity index (χ0v) is 19.6. The molecule has 0 saturated carbocycles. The van der Waals surface area contributed by atoms with E-state index in [-0.39, 0.29) is 23.1 Å². The first-order valence-electron chi connectivity index (χ1n) is 9.98. The average Bonchev–Trinajstić information content (AvgIpc) is 3.05. The van der Waals surface area contributed by atoms with Crippen LogP contribution in [-0.2, 0) is 18.4 Å². The molecule has 31 heavy (non-hydrogen) atoms. The normalized spacial score (nSPS) is 16.0. The Morgan fingerprint density at radius 3 is 2.58 bits per heavy atom. The summed E-state index contributed by atoms with van der Waals surface area (Å²) in [7, 11) is 1.62. The van der Waals surface area contributed by atoms with Gasteiger partial charge in [0.1, 0.15) is 21.8 Å². The first kappa shape index (κ1) is 22.8. The summed E-state index contributed by atoms with van der Waals surface area (Å²) < 4.78 is 1.95. The number of amides is 1. The third-order valence-electron chi connectivity index (χ3n) is 5.43. The molecule has 1 aromatic heterocycles. The molecule has 1 unspecified atom stereocenters. The zero-order valence-electron chi connectivity index (χ0n) is 17.9. The summed E-state index contributed by atoms with van der Waals surface area (Å²) in [6.45, 7) is 6.20. The summed E-state index contributed by atoms with van der Waals surface area (Å²) in [5.41, 5.74) is 1.91. The van der Waals surface area contributed by atoms with E-state index in [9.17, 15) is 14.9 Å². The van der Waals surface area contributed by atoms with Gasteiger partial charge in [-0.1, -0.05) is 61.2 Å². The van der Waals surface area contributed by atoms with Crippen molar-refractivity contribution >= 4 is 46.1 Å². The number of hydrogen-bond acceptors (Lipinski definition) is 6. The van der Waals surface area contributed by atoms with E-state index in [1.54, 1.807) is 24.9 Å². The standard InChI is InChI=1S/C23H24N4O2S2/c1-5-14(2)27-22(29)19(31-23(27)30)11-17-15(3)18(12-24)21(28)26(4)20(17)25-13-16-9-7-6-8-10-16/h6-11,14,25H,5,13H2,1-4H3/b19-11+. The van der Waals surface area contributed by atoms with Crippen LogP contribution in [0.2, 0.25) is 0 Å². The predicted molar refractivity (Wildman–Crippen MR) is 130 cm³/mol. The van der Waals surface area contributed by atoms with Gasteiger partial charge in [-0.25, -0.2) is 0 Å². The maximum atomic E-state index is 13.0. The van der Waals surface area contributed by atoms with Crippen molar-refractivity contribution in [3.05, 3.63) is 67.8 Å². The minimum Gasteiger partial charge on any atom is -0.367 e. The highest BCUT2D eigenvalue weighted by Gasteiger charge is 2.35. The molecule has 6 nitrogen and oxygen atoms in total. The van der Waals surface area contributed by atoms with Crippen LogP contribution in [0.25, 0.3) is 6.08 Å². The number of carbonyl (C=O) groups excluding carboxylic acids is 1. The predicted octanol–water partition coefficient (Wildman–Crippen LogP) is 4.18.